The van der Waals surface area contributed by atoms with Crippen molar-refractivity contribution in [3.8, 4) is 0 Å². The zero-order valence-electron chi connectivity index (χ0n) is 20.7. The molecule has 2 aliphatic rings. The largest absolute Gasteiger partial charge is 0.393 e. The molecule has 1 saturated heterocycles. The first-order chi connectivity index (χ1) is 17.8. The molecule has 1 fully saturated rings. The van der Waals surface area contributed by atoms with Gasteiger partial charge in [-0.3, -0.25) is 9.29 Å². The number of nitrogens with one attached hydrogen (secondary N) is 1. The second-order valence-corrected chi connectivity index (χ2v) is 10.4. The molecule has 2 N–H and O–H groups in total. The Morgan fingerprint density at radius 1 is 1.11 bits per heavy atom. The first-order valence-electron chi connectivity index (χ1n) is 12.8. The van der Waals surface area contributed by atoms with Gasteiger partial charge >= 0.3 is 0 Å². The number of fused-ring (bicyclic) bond motifs is 3. The Hall–Kier alpha value is -2.49. The van der Waals surface area contributed by atoms with Crippen molar-refractivity contribution in [1.82, 2.24) is 14.8 Å². The summed E-state index contributed by atoms with van der Waals surface area (Å²) in [7, 11) is 0. The van der Waals surface area contributed by atoms with Crippen LogP contribution in [0.25, 0.3) is 10.9 Å². The molecule has 0 bridgehead atoms. The Bertz CT molecular complexity index is 1220. The van der Waals surface area contributed by atoms with Crippen LogP contribution in [-0.4, -0.2) is 71.6 Å². The smallest absolute Gasteiger partial charge is 0.136 e. The zero-order valence-corrected chi connectivity index (χ0v) is 20.7. The summed E-state index contributed by atoms with van der Waals surface area (Å²) in [6.07, 6.45) is -2.21. The van der Waals surface area contributed by atoms with Gasteiger partial charge in [-0.15, -0.1) is 0 Å². The minimum Gasteiger partial charge on any atom is -0.393 e. The van der Waals surface area contributed by atoms with Crippen molar-refractivity contribution in [2.45, 2.75) is 44.2 Å². The average molecular weight is 522 g/mol. The van der Waals surface area contributed by atoms with Gasteiger partial charge in [0.1, 0.15) is 24.0 Å². The van der Waals surface area contributed by atoms with E-state index in [1.807, 2.05) is 36.1 Å². The monoisotopic (exact) mass is 521 g/mol. The number of aliphatic hydroxyl groups is 1. The zero-order chi connectivity index (χ0) is 26.3. The maximum atomic E-state index is 15.7. The third kappa shape index (κ3) is 4.89. The lowest BCUT2D eigenvalue weighted by Crippen LogP contribution is -2.48. The van der Waals surface area contributed by atoms with E-state index in [0.29, 0.717) is 38.2 Å². The van der Waals surface area contributed by atoms with E-state index in [4.69, 9.17) is 0 Å². The standard InChI is InChI=1S/C28H32F5N3O/c1-16-9-21-20-5-2-3-6-24(20)34-27(21)28(36(16)14-19(30)15-37)25-22(31)10-17(11-23(25)32)26(33)18-12-35(13-18)8-4-7-29/h2-3,5-6,10-11,16,18-19,26,28,34,37H,4,7-9,12-15H2,1H3/t16-,19-,26-,28-/m1/s1. The lowest BCUT2D eigenvalue weighted by Gasteiger charge is -2.42. The molecule has 0 amide bonds. The summed E-state index contributed by atoms with van der Waals surface area (Å²) in [6, 6.07) is 8.43. The number of hydrogen-bond acceptors (Lipinski definition) is 3. The highest BCUT2D eigenvalue weighted by Gasteiger charge is 2.41. The van der Waals surface area contributed by atoms with Crippen LogP contribution in [0, 0.1) is 17.6 Å². The van der Waals surface area contributed by atoms with Crippen LogP contribution in [-0.2, 0) is 6.42 Å². The number of aromatic amines is 1. The van der Waals surface area contributed by atoms with E-state index in [2.05, 4.69) is 4.98 Å². The molecule has 0 radical (unpaired) electrons. The molecule has 2 aliphatic heterocycles. The van der Waals surface area contributed by atoms with Gasteiger partial charge in [0.2, 0.25) is 0 Å². The minimum atomic E-state index is -1.59. The van der Waals surface area contributed by atoms with E-state index < -0.39 is 49.2 Å². The lowest BCUT2D eigenvalue weighted by molar-refractivity contribution is 0.0360. The highest BCUT2D eigenvalue weighted by molar-refractivity contribution is 5.85. The van der Waals surface area contributed by atoms with Gasteiger partial charge in [-0.2, -0.15) is 0 Å². The molecular formula is C28H32F5N3O. The quantitative estimate of drug-likeness (QED) is 0.370. The summed E-state index contributed by atoms with van der Waals surface area (Å²) in [5.41, 5.74) is 1.97. The number of hydrogen-bond donors (Lipinski definition) is 2. The number of para-hydroxylation sites is 1. The lowest BCUT2D eigenvalue weighted by atomic mass is 9.85. The Morgan fingerprint density at radius 3 is 2.49 bits per heavy atom. The first kappa shape index (κ1) is 26.1. The third-order valence-corrected chi connectivity index (χ3v) is 7.82. The maximum Gasteiger partial charge on any atom is 0.136 e. The van der Waals surface area contributed by atoms with Gasteiger partial charge in [0.05, 0.1) is 19.3 Å². The molecule has 1 aromatic heterocycles. The Balaban J connectivity index is 1.51. The maximum absolute atomic E-state index is 15.7. The number of likely N-dealkylation sites (tertiary alicyclic amines) is 1. The van der Waals surface area contributed by atoms with Gasteiger partial charge in [-0.25, -0.2) is 17.6 Å². The van der Waals surface area contributed by atoms with Crippen molar-refractivity contribution < 1.29 is 27.1 Å². The van der Waals surface area contributed by atoms with Crippen molar-refractivity contribution >= 4 is 10.9 Å². The predicted molar refractivity (Wildman–Crippen MR) is 133 cm³/mol. The predicted octanol–water partition coefficient (Wildman–Crippen LogP) is 5.41. The summed E-state index contributed by atoms with van der Waals surface area (Å²) in [5.74, 6) is -2.19. The molecular weight excluding hydrogens is 489 g/mol. The van der Waals surface area contributed by atoms with Gasteiger partial charge in [0, 0.05) is 60.3 Å². The van der Waals surface area contributed by atoms with Gasteiger partial charge in [-0.1, -0.05) is 18.2 Å². The number of halogens is 5. The van der Waals surface area contributed by atoms with E-state index in [9.17, 15) is 13.9 Å². The fourth-order valence-electron chi connectivity index (χ4n) is 5.95. The van der Waals surface area contributed by atoms with Crippen molar-refractivity contribution in [3.63, 3.8) is 0 Å². The molecule has 0 unspecified atom stereocenters. The van der Waals surface area contributed by atoms with Crippen LogP contribution in [0.2, 0.25) is 0 Å². The number of H-pyrrole nitrogens is 1. The fraction of sp³-hybridized carbons (Fsp3) is 0.500. The van der Waals surface area contributed by atoms with Crippen molar-refractivity contribution in [3.05, 3.63) is 70.4 Å². The molecule has 2 aromatic carbocycles. The Labute approximate surface area is 213 Å². The minimum absolute atomic E-state index is 0.0695. The normalized spacial score (nSPS) is 22.7. The highest BCUT2D eigenvalue weighted by Crippen LogP contribution is 2.43. The van der Waals surface area contributed by atoms with Crippen LogP contribution < -0.4 is 0 Å². The summed E-state index contributed by atoms with van der Waals surface area (Å²) in [4.78, 5) is 6.88. The molecule has 0 spiro atoms. The summed E-state index contributed by atoms with van der Waals surface area (Å²) in [6.45, 7) is 1.89. The van der Waals surface area contributed by atoms with Crippen molar-refractivity contribution in [2.75, 3.05) is 39.5 Å². The third-order valence-electron chi connectivity index (χ3n) is 7.82. The van der Waals surface area contributed by atoms with E-state index in [0.717, 1.165) is 28.6 Å². The number of alkyl halides is 3. The SMILES string of the molecule is C[C@@H]1Cc2c([nH]c3ccccc23)[C@@H](c2c(F)cc([C@@H](F)C3CN(CCCF)C3)cc2F)N1C[C@@H](F)CO. The van der Waals surface area contributed by atoms with Crippen LogP contribution in [0.3, 0.4) is 0 Å². The topological polar surface area (TPSA) is 42.5 Å². The van der Waals surface area contributed by atoms with Gasteiger partial charge in [-0.05, 0) is 49.1 Å². The van der Waals surface area contributed by atoms with Crippen LogP contribution in [0.4, 0.5) is 22.0 Å². The van der Waals surface area contributed by atoms with Gasteiger partial charge < -0.3 is 15.0 Å². The number of aromatic nitrogens is 1. The Kier molecular flexibility index (Phi) is 7.56. The second kappa shape index (κ2) is 10.7. The number of rotatable bonds is 9. The number of nitrogens with zero attached hydrogens (tertiary/aromatic N) is 2. The number of aliphatic hydroxyl groups excluding tert-OH is 1. The van der Waals surface area contributed by atoms with Crippen molar-refractivity contribution in [1.29, 1.82) is 0 Å². The number of benzene rings is 2. The van der Waals surface area contributed by atoms with E-state index in [1.54, 1.807) is 4.90 Å². The van der Waals surface area contributed by atoms with Crippen LogP contribution >= 0.6 is 0 Å². The summed E-state index contributed by atoms with van der Waals surface area (Å²) in [5, 5.41) is 10.3. The molecule has 37 heavy (non-hydrogen) atoms. The van der Waals surface area contributed by atoms with Gasteiger partial charge in [0.25, 0.3) is 0 Å². The van der Waals surface area contributed by atoms with E-state index in [-0.39, 0.29) is 23.7 Å². The van der Waals surface area contributed by atoms with Crippen LogP contribution in [0.15, 0.2) is 36.4 Å². The average Bonchev–Trinajstić information content (AvgIpc) is 3.22. The van der Waals surface area contributed by atoms with Crippen molar-refractivity contribution in [2.24, 2.45) is 5.92 Å². The van der Waals surface area contributed by atoms with Crippen LogP contribution in [0.1, 0.15) is 47.9 Å². The molecule has 4 atom stereocenters. The molecule has 9 heteroatoms. The molecule has 3 aromatic rings. The molecule has 4 nitrogen and oxygen atoms in total. The molecule has 200 valence electrons. The highest BCUT2D eigenvalue weighted by atomic mass is 19.1. The van der Waals surface area contributed by atoms with Gasteiger partial charge in [0.15, 0.2) is 0 Å². The molecule has 3 heterocycles. The Morgan fingerprint density at radius 2 is 1.81 bits per heavy atom. The van der Waals surface area contributed by atoms with E-state index >= 15 is 13.2 Å². The second-order valence-electron chi connectivity index (χ2n) is 10.4. The fourth-order valence-corrected chi connectivity index (χ4v) is 5.95. The summed E-state index contributed by atoms with van der Waals surface area (Å²) < 4.78 is 73.4. The molecule has 0 aliphatic carbocycles. The van der Waals surface area contributed by atoms with Crippen LogP contribution in [0.5, 0.6) is 0 Å². The molecule has 5 rings (SSSR count). The summed E-state index contributed by atoms with van der Waals surface area (Å²) >= 11 is 0. The van der Waals surface area contributed by atoms with E-state index in [1.165, 1.54) is 0 Å². The first-order valence-corrected chi connectivity index (χ1v) is 12.8. The molecule has 0 saturated carbocycles.